The van der Waals surface area contributed by atoms with E-state index in [1.165, 1.54) is 19.3 Å². The van der Waals surface area contributed by atoms with Crippen LogP contribution in [0.3, 0.4) is 0 Å². The van der Waals surface area contributed by atoms with Crippen LogP contribution in [0.2, 0.25) is 0 Å². The Hall–Kier alpha value is -0.450. The fourth-order valence-corrected chi connectivity index (χ4v) is 3.05. The smallest absolute Gasteiger partial charge is 0.106 e. The highest BCUT2D eigenvalue weighted by Gasteiger charge is 2.30. The fraction of sp³-hybridized carbons (Fsp3) is 0.750. The van der Waals surface area contributed by atoms with Gasteiger partial charge in [0.15, 0.2) is 0 Å². The van der Waals surface area contributed by atoms with Gasteiger partial charge in [0.1, 0.15) is 5.01 Å². The van der Waals surface area contributed by atoms with Crippen LogP contribution >= 0.6 is 11.3 Å². The molecule has 0 atom stereocenters. The van der Waals surface area contributed by atoms with Gasteiger partial charge in [-0.2, -0.15) is 0 Å². The van der Waals surface area contributed by atoms with E-state index < -0.39 is 0 Å². The normalized spacial score (nSPS) is 19.8. The number of aliphatic hydroxyl groups excluding tert-OH is 1. The van der Waals surface area contributed by atoms with Gasteiger partial charge in [-0.3, -0.25) is 0 Å². The van der Waals surface area contributed by atoms with Crippen molar-refractivity contribution in [2.24, 2.45) is 5.41 Å². The van der Waals surface area contributed by atoms with E-state index in [9.17, 15) is 5.11 Å². The lowest BCUT2D eigenvalue weighted by Crippen LogP contribution is -2.38. The molecule has 16 heavy (non-hydrogen) atoms. The standard InChI is InChI=1S/C12H20N2OS/c15-10-12(4-2-1-3-5-12)9-13-8-11-14-6-7-16-11/h6-7,13,15H,1-5,8-10H2. The molecular formula is C12H20N2OS. The number of aliphatic hydroxyl groups is 1. The molecule has 1 heterocycles. The Morgan fingerprint density at radius 2 is 2.19 bits per heavy atom. The van der Waals surface area contributed by atoms with Gasteiger partial charge in [-0.15, -0.1) is 11.3 Å². The van der Waals surface area contributed by atoms with E-state index in [1.807, 2.05) is 11.6 Å². The summed E-state index contributed by atoms with van der Waals surface area (Å²) in [6.07, 6.45) is 8.01. The average molecular weight is 240 g/mol. The van der Waals surface area contributed by atoms with Gasteiger partial charge < -0.3 is 10.4 Å². The van der Waals surface area contributed by atoms with Crippen LogP contribution in [0.5, 0.6) is 0 Å². The van der Waals surface area contributed by atoms with E-state index in [-0.39, 0.29) is 5.41 Å². The first kappa shape index (κ1) is 12.0. The molecule has 0 radical (unpaired) electrons. The molecule has 2 rings (SSSR count). The summed E-state index contributed by atoms with van der Waals surface area (Å²) in [6, 6.07) is 0. The number of thiazole rings is 1. The van der Waals surface area contributed by atoms with Gasteiger partial charge in [0.2, 0.25) is 0 Å². The average Bonchev–Trinajstić information content (AvgIpc) is 2.83. The van der Waals surface area contributed by atoms with Crippen molar-refractivity contribution < 1.29 is 5.11 Å². The van der Waals surface area contributed by atoms with Gasteiger partial charge in [0.25, 0.3) is 0 Å². The first-order valence-electron chi connectivity index (χ1n) is 6.05. The van der Waals surface area contributed by atoms with Gasteiger partial charge in [-0.25, -0.2) is 4.98 Å². The van der Waals surface area contributed by atoms with Crippen molar-refractivity contribution in [2.75, 3.05) is 13.2 Å². The predicted octanol–water partition coefficient (Wildman–Crippen LogP) is 2.18. The molecule has 0 bridgehead atoms. The van der Waals surface area contributed by atoms with Gasteiger partial charge in [0.05, 0.1) is 0 Å². The van der Waals surface area contributed by atoms with E-state index >= 15 is 0 Å². The molecule has 4 heteroatoms. The minimum absolute atomic E-state index is 0.134. The van der Waals surface area contributed by atoms with Gasteiger partial charge in [-0.1, -0.05) is 19.3 Å². The summed E-state index contributed by atoms with van der Waals surface area (Å²) in [5.74, 6) is 0. The van der Waals surface area contributed by atoms with E-state index in [4.69, 9.17) is 0 Å². The Balaban J connectivity index is 1.78. The second-order valence-electron chi connectivity index (χ2n) is 4.75. The Kier molecular flexibility index (Phi) is 4.32. The van der Waals surface area contributed by atoms with Crippen LogP contribution in [0, 0.1) is 5.41 Å². The minimum Gasteiger partial charge on any atom is -0.396 e. The van der Waals surface area contributed by atoms with E-state index in [0.29, 0.717) is 6.61 Å². The molecule has 1 saturated carbocycles. The van der Waals surface area contributed by atoms with Gasteiger partial charge >= 0.3 is 0 Å². The van der Waals surface area contributed by atoms with E-state index in [2.05, 4.69) is 10.3 Å². The third-order valence-electron chi connectivity index (χ3n) is 3.51. The molecule has 2 N–H and O–H groups in total. The lowest BCUT2D eigenvalue weighted by molar-refractivity contribution is 0.0810. The monoisotopic (exact) mass is 240 g/mol. The Morgan fingerprint density at radius 3 is 2.81 bits per heavy atom. The summed E-state index contributed by atoms with van der Waals surface area (Å²) in [4.78, 5) is 4.24. The van der Waals surface area contributed by atoms with Crippen LogP contribution in [0.4, 0.5) is 0 Å². The maximum absolute atomic E-state index is 9.55. The number of rotatable bonds is 5. The summed E-state index contributed by atoms with van der Waals surface area (Å²) in [7, 11) is 0. The number of hydrogen-bond donors (Lipinski definition) is 2. The highest BCUT2D eigenvalue weighted by molar-refractivity contribution is 7.09. The Labute approximate surface area is 101 Å². The lowest BCUT2D eigenvalue weighted by atomic mass is 9.74. The minimum atomic E-state index is 0.134. The molecule has 90 valence electrons. The van der Waals surface area contributed by atoms with Crippen molar-refractivity contribution in [3.63, 3.8) is 0 Å². The zero-order chi connectivity index (χ0) is 11.3. The zero-order valence-electron chi connectivity index (χ0n) is 9.61. The first-order chi connectivity index (χ1) is 7.85. The molecule has 1 aromatic rings. The Bertz CT molecular complexity index is 294. The van der Waals surface area contributed by atoms with Gasteiger partial charge in [-0.05, 0) is 12.8 Å². The Morgan fingerprint density at radius 1 is 1.38 bits per heavy atom. The number of nitrogens with one attached hydrogen (secondary N) is 1. The molecule has 3 nitrogen and oxygen atoms in total. The van der Waals surface area contributed by atoms with Crippen LogP contribution in [0.1, 0.15) is 37.1 Å². The molecule has 1 aromatic heterocycles. The third-order valence-corrected chi connectivity index (χ3v) is 4.29. The maximum atomic E-state index is 9.55. The molecular weight excluding hydrogens is 220 g/mol. The number of hydrogen-bond acceptors (Lipinski definition) is 4. The van der Waals surface area contributed by atoms with Crippen molar-refractivity contribution >= 4 is 11.3 Å². The molecule has 0 unspecified atom stereocenters. The maximum Gasteiger partial charge on any atom is 0.106 e. The summed E-state index contributed by atoms with van der Waals surface area (Å²) < 4.78 is 0. The summed E-state index contributed by atoms with van der Waals surface area (Å²) >= 11 is 1.68. The molecule has 0 amide bonds. The molecule has 0 spiro atoms. The highest BCUT2D eigenvalue weighted by Crippen LogP contribution is 2.35. The van der Waals surface area contributed by atoms with Gasteiger partial charge in [0, 0.05) is 36.7 Å². The molecule has 1 aliphatic carbocycles. The lowest BCUT2D eigenvalue weighted by Gasteiger charge is -2.35. The quantitative estimate of drug-likeness (QED) is 0.829. The number of aromatic nitrogens is 1. The van der Waals surface area contributed by atoms with E-state index in [1.54, 1.807) is 11.3 Å². The predicted molar refractivity (Wildman–Crippen MR) is 66.4 cm³/mol. The SMILES string of the molecule is OCC1(CNCc2nccs2)CCCCC1. The molecule has 0 saturated heterocycles. The van der Waals surface area contributed by atoms with Crippen molar-refractivity contribution in [1.82, 2.24) is 10.3 Å². The fourth-order valence-electron chi connectivity index (χ4n) is 2.47. The van der Waals surface area contributed by atoms with Crippen molar-refractivity contribution in [3.05, 3.63) is 16.6 Å². The third kappa shape index (κ3) is 3.03. The van der Waals surface area contributed by atoms with Crippen LogP contribution in [0.15, 0.2) is 11.6 Å². The molecule has 1 aliphatic rings. The summed E-state index contributed by atoms with van der Waals surface area (Å²) in [5.41, 5.74) is 0.134. The van der Waals surface area contributed by atoms with Crippen molar-refractivity contribution in [2.45, 2.75) is 38.6 Å². The van der Waals surface area contributed by atoms with Crippen LogP contribution in [-0.4, -0.2) is 23.2 Å². The topological polar surface area (TPSA) is 45.1 Å². The zero-order valence-corrected chi connectivity index (χ0v) is 10.4. The highest BCUT2D eigenvalue weighted by atomic mass is 32.1. The molecule has 0 aliphatic heterocycles. The summed E-state index contributed by atoms with van der Waals surface area (Å²) in [6.45, 7) is 2.07. The van der Waals surface area contributed by atoms with Crippen LogP contribution in [0.25, 0.3) is 0 Å². The molecule has 1 fully saturated rings. The van der Waals surface area contributed by atoms with Crippen molar-refractivity contribution in [3.8, 4) is 0 Å². The second kappa shape index (κ2) is 5.75. The van der Waals surface area contributed by atoms with E-state index in [0.717, 1.165) is 30.9 Å². The summed E-state index contributed by atoms with van der Waals surface area (Å²) in [5, 5.41) is 16.1. The van der Waals surface area contributed by atoms with Crippen molar-refractivity contribution in [1.29, 1.82) is 0 Å². The largest absolute Gasteiger partial charge is 0.396 e. The molecule has 0 aromatic carbocycles. The van der Waals surface area contributed by atoms with Crippen LogP contribution in [-0.2, 0) is 6.54 Å². The number of nitrogens with zero attached hydrogens (tertiary/aromatic N) is 1. The first-order valence-corrected chi connectivity index (χ1v) is 6.93. The second-order valence-corrected chi connectivity index (χ2v) is 5.73. The van der Waals surface area contributed by atoms with Crippen LogP contribution < -0.4 is 5.32 Å².